The van der Waals surface area contributed by atoms with Gasteiger partial charge in [0.05, 0.1) is 6.04 Å². The fraction of sp³-hybridized carbons (Fsp3) is 0.400. The van der Waals surface area contributed by atoms with Gasteiger partial charge in [0, 0.05) is 0 Å². The molecule has 6 heteroatoms. The summed E-state index contributed by atoms with van der Waals surface area (Å²) < 4.78 is 52.7. The van der Waals surface area contributed by atoms with E-state index in [1.165, 1.54) is 31.3 Å². The fourth-order valence-corrected chi connectivity index (χ4v) is 1.29. The van der Waals surface area contributed by atoms with Crippen LogP contribution < -0.4 is 10.1 Å². The number of halogens is 4. The highest BCUT2D eigenvalue weighted by molar-refractivity contribution is 5.29. The van der Waals surface area contributed by atoms with Crippen LogP contribution >= 0.6 is 0 Å². The maximum absolute atomic E-state index is 12.5. The third kappa shape index (κ3) is 3.37. The summed E-state index contributed by atoms with van der Waals surface area (Å²) in [4.78, 5) is 0. The number of alkyl halides is 4. The van der Waals surface area contributed by atoms with E-state index in [1.807, 2.05) is 0 Å². The van der Waals surface area contributed by atoms with Crippen molar-refractivity contribution in [1.29, 1.82) is 0 Å². The standard InChI is InChI=1S/C10H11F4NO/c1-15-8(9(11)12)6-2-4-7(5-3-6)16-10(13)14/h2-5,8-10,15H,1H3. The quantitative estimate of drug-likeness (QED) is 0.795. The van der Waals surface area contributed by atoms with Crippen molar-refractivity contribution in [2.75, 3.05) is 7.05 Å². The molecule has 1 rings (SSSR count). The minimum Gasteiger partial charge on any atom is -0.435 e. The van der Waals surface area contributed by atoms with E-state index in [2.05, 4.69) is 10.1 Å². The molecule has 1 unspecified atom stereocenters. The van der Waals surface area contributed by atoms with Crippen molar-refractivity contribution in [2.24, 2.45) is 0 Å². The van der Waals surface area contributed by atoms with E-state index in [9.17, 15) is 17.6 Å². The number of hydrogen-bond donors (Lipinski definition) is 1. The highest BCUT2D eigenvalue weighted by Crippen LogP contribution is 2.23. The van der Waals surface area contributed by atoms with Crippen LogP contribution in [0.5, 0.6) is 5.75 Å². The van der Waals surface area contributed by atoms with Crippen LogP contribution in [0, 0.1) is 0 Å². The van der Waals surface area contributed by atoms with Crippen molar-refractivity contribution in [3.05, 3.63) is 29.8 Å². The molecule has 0 spiro atoms. The van der Waals surface area contributed by atoms with Crippen LogP contribution in [0.3, 0.4) is 0 Å². The molecular formula is C10H11F4NO. The second kappa shape index (κ2) is 5.69. The van der Waals surface area contributed by atoms with Crippen LogP contribution in [0.4, 0.5) is 17.6 Å². The summed E-state index contributed by atoms with van der Waals surface area (Å²) in [5.41, 5.74) is 0.319. The van der Waals surface area contributed by atoms with Gasteiger partial charge in [-0.2, -0.15) is 8.78 Å². The number of ether oxygens (including phenoxy) is 1. The number of nitrogens with one attached hydrogen (secondary N) is 1. The van der Waals surface area contributed by atoms with Gasteiger partial charge in [0.15, 0.2) is 0 Å². The zero-order valence-electron chi connectivity index (χ0n) is 8.46. The molecule has 0 saturated carbocycles. The number of rotatable bonds is 5. The molecule has 1 atom stereocenters. The first kappa shape index (κ1) is 12.8. The van der Waals surface area contributed by atoms with Gasteiger partial charge >= 0.3 is 6.61 Å². The van der Waals surface area contributed by atoms with E-state index >= 15 is 0 Å². The molecule has 0 fully saturated rings. The molecular weight excluding hydrogens is 226 g/mol. The Labute approximate surface area is 90.2 Å². The van der Waals surface area contributed by atoms with Gasteiger partial charge in [-0.3, -0.25) is 0 Å². The first-order chi connectivity index (χ1) is 7.54. The van der Waals surface area contributed by atoms with Gasteiger partial charge in [-0.1, -0.05) is 12.1 Å². The summed E-state index contributed by atoms with van der Waals surface area (Å²) in [6.45, 7) is -2.92. The lowest BCUT2D eigenvalue weighted by molar-refractivity contribution is -0.0498. The molecule has 1 aromatic carbocycles. The van der Waals surface area contributed by atoms with Crippen molar-refractivity contribution in [1.82, 2.24) is 5.32 Å². The van der Waals surface area contributed by atoms with Crippen molar-refractivity contribution >= 4 is 0 Å². The lowest BCUT2D eigenvalue weighted by atomic mass is 10.1. The average Bonchev–Trinajstić information content (AvgIpc) is 2.20. The second-order valence-corrected chi connectivity index (χ2v) is 3.05. The summed E-state index contributed by atoms with van der Waals surface area (Å²) in [6, 6.07) is 4.00. The van der Waals surface area contributed by atoms with Gasteiger partial charge in [0.1, 0.15) is 5.75 Å². The van der Waals surface area contributed by atoms with E-state index in [0.717, 1.165) is 0 Å². The van der Waals surface area contributed by atoms with E-state index in [-0.39, 0.29) is 5.75 Å². The molecule has 0 aliphatic rings. The maximum atomic E-state index is 12.5. The predicted molar refractivity (Wildman–Crippen MR) is 50.9 cm³/mol. The molecule has 2 nitrogen and oxygen atoms in total. The van der Waals surface area contributed by atoms with Crippen LogP contribution in [-0.2, 0) is 0 Å². The number of hydrogen-bond acceptors (Lipinski definition) is 2. The molecule has 0 radical (unpaired) electrons. The molecule has 1 N–H and O–H groups in total. The van der Waals surface area contributed by atoms with Crippen LogP contribution in [0.25, 0.3) is 0 Å². The first-order valence-corrected chi connectivity index (χ1v) is 4.54. The lowest BCUT2D eigenvalue weighted by Crippen LogP contribution is -2.23. The molecule has 0 amide bonds. The van der Waals surface area contributed by atoms with E-state index in [1.54, 1.807) is 0 Å². The third-order valence-electron chi connectivity index (χ3n) is 2.03. The van der Waals surface area contributed by atoms with E-state index in [4.69, 9.17) is 0 Å². The van der Waals surface area contributed by atoms with Gasteiger partial charge in [-0.15, -0.1) is 0 Å². The molecule has 1 aromatic rings. The Morgan fingerprint density at radius 3 is 2.00 bits per heavy atom. The molecule has 0 aliphatic carbocycles. The van der Waals surface area contributed by atoms with Crippen LogP contribution in [0.2, 0.25) is 0 Å². The molecule has 90 valence electrons. The number of benzene rings is 1. The van der Waals surface area contributed by atoms with E-state index < -0.39 is 19.1 Å². The highest BCUT2D eigenvalue weighted by atomic mass is 19.3. The lowest BCUT2D eigenvalue weighted by Gasteiger charge is -2.15. The van der Waals surface area contributed by atoms with Crippen molar-refractivity contribution in [2.45, 2.75) is 19.1 Å². The van der Waals surface area contributed by atoms with Gasteiger partial charge in [0.25, 0.3) is 6.43 Å². The van der Waals surface area contributed by atoms with Gasteiger partial charge in [-0.05, 0) is 24.7 Å². The molecule has 0 bridgehead atoms. The zero-order chi connectivity index (χ0) is 12.1. The van der Waals surface area contributed by atoms with Gasteiger partial charge < -0.3 is 10.1 Å². The minimum atomic E-state index is -2.92. The van der Waals surface area contributed by atoms with Crippen LogP contribution in [-0.4, -0.2) is 20.1 Å². The van der Waals surface area contributed by atoms with Crippen LogP contribution in [0.15, 0.2) is 24.3 Å². The molecule has 0 saturated heterocycles. The van der Waals surface area contributed by atoms with Crippen LogP contribution in [0.1, 0.15) is 11.6 Å². The molecule has 0 aliphatic heterocycles. The Hall–Kier alpha value is -1.30. The third-order valence-corrected chi connectivity index (χ3v) is 2.03. The fourth-order valence-electron chi connectivity index (χ4n) is 1.29. The zero-order valence-corrected chi connectivity index (χ0v) is 8.46. The second-order valence-electron chi connectivity index (χ2n) is 3.05. The Kier molecular flexibility index (Phi) is 4.54. The van der Waals surface area contributed by atoms with Crippen molar-refractivity contribution in [3.63, 3.8) is 0 Å². The van der Waals surface area contributed by atoms with Gasteiger partial charge in [-0.25, -0.2) is 8.78 Å². The Bertz CT molecular complexity index is 315. The normalized spacial score (nSPS) is 13.2. The summed E-state index contributed by atoms with van der Waals surface area (Å²) in [6.07, 6.45) is -2.56. The molecule has 16 heavy (non-hydrogen) atoms. The topological polar surface area (TPSA) is 21.3 Å². The smallest absolute Gasteiger partial charge is 0.387 e. The van der Waals surface area contributed by atoms with Crippen molar-refractivity contribution < 1.29 is 22.3 Å². The highest BCUT2D eigenvalue weighted by Gasteiger charge is 2.20. The van der Waals surface area contributed by atoms with Crippen molar-refractivity contribution in [3.8, 4) is 5.75 Å². The maximum Gasteiger partial charge on any atom is 0.387 e. The average molecular weight is 237 g/mol. The minimum absolute atomic E-state index is 0.0529. The molecule has 0 heterocycles. The largest absolute Gasteiger partial charge is 0.435 e. The van der Waals surface area contributed by atoms with Gasteiger partial charge in [0.2, 0.25) is 0 Å². The predicted octanol–water partition coefficient (Wildman–Crippen LogP) is 2.81. The summed E-state index contributed by atoms with van der Waals surface area (Å²) in [7, 11) is 1.40. The summed E-state index contributed by atoms with van der Waals surface area (Å²) in [5, 5.41) is 2.44. The monoisotopic (exact) mass is 237 g/mol. The Morgan fingerprint density at radius 2 is 1.62 bits per heavy atom. The van der Waals surface area contributed by atoms with E-state index in [0.29, 0.717) is 5.56 Å². The summed E-state index contributed by atoms with van der Waals surface area (Å²) >= 11 is 0. The molecule has 0 aromatic heterocycles. The first-order valence-electron chi connectivity index (χ1n) is 4.54. The Morgan fingerprint density at radius 1 is 1.06 bits per heavy atom. The summed E-state index contributed by atoms with van der Waals surface area (Å²) in [5.74, 6) is -0.0529. The SMILES string of the molecule is CNC(c1ccc(OC(F)F)cc1)C(F)F. The Balaban J connectivity index is 2.77.